The second-order valence-corrected chi connectivity index (χ2v) is 7.70. The van der Waals surface area contributed by atoms with E-state index >= 15 is 0 Å². The van der Waals surface area contributed by atoms with Gasteiger partial charge in [0.25, 0.3) is 5.91 Å². The first kappa shape index (κ1) is 25.2. The number of hydrogen-bond acceptors (Lipinski definition) is 7. The number of aromatic nitrogens is 1. The first-order valence-corrected chi connectivity index (χ1v) is 10.4. The van der Waals surface area contributed by atoms with Crippen molar-refractivity contribution in [2.45, 2.75) is 19.0 Å². The molecule has 2 aromatic rings. The molecule has 1 aliphatic heterocycles. The van der Waals surface area contributed by atoms with Crippen LogP contribution in [0.15, 0.2) is 30.5 Å². The molecule has 0 aliphatic carbocycles. The Hall–Kier alpha value is -3.38. The van der Waals surface area contributed by atoms with Gasteiger partial charge in [0.05, 0.1) is 23.4 Å². The molecule has 9 nitrogen and oxygen atoms in total. The van der Waals surface area contributed by atoms with Gasteiger partial charge in [-0.3, -0.25) is 9.59 Å². The number of carbonyl (C=O) groups is 3. The molecule has 13 heteroatoms. The quantitative estimate of drug-likeness (QED) is 0.411. The molecule has 2 amide bonds. The summed E-state index contributed by atoms with van der Waals surface area (Å²) in [4.78, 5) is 41.3. The van der Waals surface area contributed by atoms with E-state index in [4.69, 9.17) is 16.3 Å². The molecule has 1 aromatic heterocycles. The fraction of sp³-hybridized carbons (Fsp3) is 0.333. The Morgan fingerprint density at radius 3 is 2.44 bits per heavy atom. The van der Waals surface area contributed by atoms with E-state index in [0.29, 0.717) is 31.0 Å². The van der Waals surface area contributed by atoms with E-state index in [1.54, 1.807) is 0 Å². The molecule has 0 bridgehead atoms. The third kappa shape index (κ3) is 6.35. The molecule has 182 valence electrons. The number of esters is 1. The van der Waals surface area contributed by atoms with Crippen LogP contribution >= 0.6 is 11.6 Å². The van der Waals surface area contributed by atoms with Crippen molar-refractivity contribution in [3.8, 4) is 11.5 Å². The minimum atomic E-state index is -5.31. The molecule has 2 heterocycles. The van der Waals surface area contributed by atoms with Gasteiger partial charge in [0.1, 0.15) is 11.6 Å². The minimum Gasteiger partial charge on any atom is -0.497 e. The van der Waals surface area contributed by atoms with Crippen molar-refractivity contribution in [3.05, 3.63) is 41.0 Å². The number of carbonyl (C=O) groups excluding carboxylic acids is 3. The third-order valence-electron chi connectivity index (χ3n) is 4.92. The number of methoxy groups -OCH3 is 1. The predicted molar refractivity (Wildman–Crippen MR) is 116 cm³/mol. The molecule has 0 spiro atoms. The van der Waals surface area contributed by atoms with E-state index in [1.807, 2.05) is 0 Å². The number of halogens is 4. The Morgan fingerprint density at radius 1 is 1.15 bits per heavy atom. The lowest BCUT2D eigenvalue weighted by Gasteiger charge is -2.23. The van der Waals surface area contributed by atoms with E-state index in [9.17, 15) is 27.6 Å². The average Bonchev–Trinajstić information content (AvgIpc) is 2.81. The van der Waals surface area contributed by atoms with Gasteiger partial charge in [-0.15, -0.1) is 0 Å². The fourth-order valence-corrected chi connectivity index (χ4v) is 3.31. The Balaban J connectivity index is 2.02. The van der Waals surface area contributed by atoms with Crippen molar-refractivity contribution in [1.29, 1.82) is 0 Å². The summed E-state index contributed by atoms with van der Waals surface area (Å²) in [5.74, 6) is -5.06. The molecule has 3 N–H and O–H groups in total. The van der Waals surface area contributed by atoms with Crippen LogP contribution in [0.25, 0.3) is 0 Å². The Morgan fingerprint density at radius 2 is 1.85 bits per heavy atom. The van der Waals surface area contributed by atoms with Gasteiger partial charge in [-0.2, -0.15) is 13.2 Å². The number of hydrogen-bond donors (Lipinski definition) is 3. The molecular weight excluding hydrogens is 481 g/mol. The summed E-state index contributed by atoms with van der Waals surface area (Å²) >= 11 is 5.78. The molecule has 1 saturated heterocycles. The van der Waals surface area contributed by atoms with E-state index in [0.717, 1.165) is 6.07 Å². The summed E-state index contributed by atoms with van der Waals surface area (Å²) in [7, 11) is 1.21. The maximum atomic E-state index is 13.0. The van der Waals surface area contributed by atoms with Crippen LogP contribution in [0.4, 0.5) is 24.7 Å². The van der Waals surface area contributed by atoms with E-state index in [1.165, 1.54) is 31.5 Å². The summed E-state index contributed by atoms with van der Waals surface area (Å²) in [6, 6.07) is 5.03. The Kier molecular flexibility index (Phi) is 7.94. The van der Waals surface area contributed by atoms with Crippen LogP contribution in [-0.4, -0.2) is 49.1 Å². The van der Waals surface area contributed by atoms with Gasteiger partial charge < -0.3 is 25.4 Å². The molecule has 0 unspecified atom stereocenters. The summed E-state index contributed by atoms with van der Waals surface area (Å²) < 4.78 is 48.2. The van der Waals surface area contributed by atoms with Crippen LogP contribution in [0, 0.1) is 5.92 Å². The topological polar surface area (TPSA) is 119 Å². The summed E-state index contributed by atoms with van der Waals surface area (Å²) in [6.45, 7) is 1.15. The number of rotatable bonds is 6. The van der Waals surface area contributed by atoms with E-state index in [-0.39, 0.29) is 17.1 Å². The largest absolute Gasteiger partial charge is 0.497 e. The summed E-state index contributed by atoms with van der Waals surface area (Å²) in [6.07, 6.45) is -3.07. The molecule has 1 fully saturated rings. The van der Waals surface area contributed by atoms with Crippen molar-refractivity contribution < 1.29 is 37.0 Å². The highest BCUT2D eigenvalue weighted by atomic mass is 35.5. The van der Waals surface area contributed by atoms with E-state index in [2.05, 4.69) is 25.7 Å². The van der Waals surface area contributed by atoms with Crippen molar-refractivity contribution in [2.75, 3.05) is 30.8 Å². The predicted octanol–water partition coefficient (Wildman–Crippen LogP) is 3.40. The maximum Gasteiger partial charge on any atom is 0.491 e. The highest BCUT2D eigenvalue weighted by molar-refractivity contribution is 6.30. The van der Waals surface area contributed by atoms with Gasteiger partial charge in [-0.1, -0.05) is 11.6 Å². The lowest BCUT2D eigenvalue weighted by Crippen LogP contribution is -2.35. The van der Waals surface area contributed by atoms with Gasteiger partial charge >= 0.3 is 12.1 Å². The zero-order valence-electron chi connectivity index (χ0n) is 17.8. The monoisotopic (exact) mass is 500 g/mol. The standard InChI is InChI=1S/C21H20ClF3N4O5/c1-33-13-8-14(19(31)28-16-3-2-12(22)10-27-16)17(15(9-13)34-20(32)21(23,24)25)29-18(30)11-4-6-26-7-5-11/h2-3,8-11,26H,4-7H2,1H3,(H,29,30)(H,27,28,31). The molecule has 1 aromatic carbocycles. The molecule has 1 aliphatic rings. The van der Waals surface area contributed by atoms with Crippen molar-refractivity contribution in [2.24, 2.45) is 5.92 Å². The molecule has 34 heavy (non-hydrogen) atoms. The van der Waals surface area contributed by atoms with Crippen LogP contribution < -0.4 is 25.4 Å². The van der Waals surface area contributed by atoms with Gasteiger partial charge in [-0.05, 0) is 44.1 Å². The number of amides is 2. The van der Waals surface area contributed by atoms with Crippen LogP contribution in [0.2, 0.25) is 5.02 Å². The fourth-order valence-electron chi connectivity index (χ4n) is 3.20. The maximum absolute atomic E-state index is 13.0. The number of anilines is 2. The second kappa shape index (κ2) is 10.7. The Labute approximate surface area is 197 Å². The number of nitrogens with zero attached hydrogens (tertiary/aromatic N) is 1. The number of ether oxygens (including phenoxy) is 2. The molecule has 0 saturated carbocycles. The van der Waals surface area contributed by atoms with Gasteiger partial charge in [0.15, 0.2) is 5.75 Å². The Bertz CT molecular complexity index is 1070. The first-order chi connectivity index (χ1) is 16.1. The highest BCUT2D eigenvalue weighted by Crippen LogP contribution is 2.36. The number of pyridine rings is 1. The summed E-state index contributed by atoms with van der Waals surface area (Å²) in [5, 5.41) is 8.32. The van der Waals surface area contributed by atoms with Crippen LogP contribution in [0.3, 0.4) is 0 Å². The highest BCUT2D eigenvalue weighted by Gasteiger charge is 2.42. The van der Waals surface area contributed by atoms with Crippen molar-refractivity contribution in [3.63, 3.8) is 0 Å². The summed E-state index contributed by atoms with van der Waals surface area (Å²) in [5.41, 5.74) is -0.711. The van der Waals surface area contributed by atoms with Crippen molar-refractivity contribution in [1.82, 2.24) is 10.3 Å². The SMILES string of the molecule is COc1cc(OC(=O)C(F)(F)F)c(NC(=O)C2CCNCC2)c(C(=O)Nc2ccc(Cl)cn2)c1. The van der Waals surface area contributed by atoms with Crippen molar-refractivity contribution >= 4 is 40.9 Å². The normalized spacial score (nSPS) is 14.3. The molecule has 0 atom stereocenters. The second-order valence-electron chi connectivity index (χ2n) is 7.26. The number of benzene rings is 1. The number of piperidine rings is 1. The zero-order valence-corrected chi connectivity index (χ0v) is 18.5. The van der Waals surface area contributed by atoms with E-state index < -0.39 is 41.3 Å². The zero-order chi connectivity index (χ0) is 24.9. The molecular formula is C21H20ClF3N4O5. The smallest absolute Gasteiger partial charge is 0.491 e. The first-order valence-electron chi connectivity index (χ1n) is 10.0. The van der Waals surface area contributed by atoms with Crippen LogP contribution in [-0.2, 0) is 9.59 Å². The number of nitrogens with one attached hydrogen (secondary N) is 3. The minimum absolute atomic E-state index is 0.0842. The lowest BCUT2D eigenvalue weighted by atomic mass is 9.97. The lowest BCUT2D eigenvalue weighted by molar-refractivity contribution is -0.189. The van der Waals surface area contributed by atoms with Gasteiger partial charge in [0.2, 0.25) is 5.91 Å². The van der Waals surface area contributed by atoms with Crippen LogP contribution in [0.1, 0.15) is 23.2 Å². The molecule has 3 rings (SSSR count). The van der Waals surface area contributed by atoms with Gasteiger partial charge in [-0.25, -0.2) is 9.78 Å². The average molecular weight is 501 g/mol. The number of alkyl halides is 3. The molecule has 0 radical (unpaired) electrons. The van der Waals surface area contributed by atoms with Crippen LogP contribution in [0.5, 0.6) is 11.5 Å². The van der Waals surface area contributed by atoms with Gasteiger partial charge in [0, 0.05) is 18.2 Å². The third-order valence-corrected chi connectivity index (χ3v) is 5.14.